The first-order valence-corrected chi connectivity index (χ1v) is 6.43. The Kier molecular flexibility index (Phi) is 2.37. The molecular weight excluding hydrogens is 216 g/mol. The van der Waals surface area contributed by atoms with Gasteiger partial charge in [0.25, 0.3) is 0 Å². The van der Waals surface area contributed by atoms with E-state index in [1.165, 1.54) is 10.4 Å². The summed E-state index contributed by atoms with van der Waals surface area (Å²) in [4.78, 5) is 13.2. The van der Waals surface area contributed by atoms with Crippen molar-refractivity contribution in [1.82, 2.24) is 0 Å². The van der Waals surface area contributed by atoms with Crippen LogP contribution >= 0.6 is 11.3 Å². The maximum atomic E-state index is 12.0. The number of carbonyl (C=O) groups excluding carboxylic acids is 1. The molecule has 0 radical (unpaired) electrons. The lowest BCUT2D eigenvalue weighted by Crippen LogP contribution is -2.11. The lowest BCUT2D eigenvalue weighted by molar-refractivity contribution is 0.0973. The van der Waals surface area contributed by atoms with E-state index in [1.54, 1.807) is 11.3 Å². The zero-order chi connectivity index (χ0) is 11.0. The Morgan fingerprint density at radius 3 is 2.81 bits per heavy atom. The molecule has 1 aliphatic carbocycles. The van der Waals surface area contributed by atoms with Crippen LogP contribution in [-0.2, 0) is 6.42 Å². The van der Waals surface area contributed by atoms with Gasteiger partial charge in [0, 0.05) is 22.4 Å². The molecule has 2 aromatic rings. The van der Waals surface area contributed by atoms with Gasteiger partial charge in [-0.05, 0) is 29.9 Å². The number of hydrogen-bond donors (Lipinski definition) is 0. The van der Waals surface area contributed by atoms with Crippen molar-refractivity contribution in [2.24, 2.45) is 0 Å². The van der Waals surface area contributed by atoms with Gasteiger partial charge in [0.1, 0.15) is 0 Å². The Morgan fingerprint density at radius 2 is 2.00 bits per heavy atom. The Labute approximate surface area is 98.7 Å². The molecule has 80 valence electrons. The number of fused-ring (bicyclic) bond motifs is 1. The third-order valence-electron chi connectivity index (χ3n) is 3.07. The number of hydrogen-bond acceptors (Lipinski definition) is 2. The van der Waals surface area contributed by atoms with Gasteiger partial charge in [0.2, 0.25) is 0 Å². The summed E-state index contributed by atoms with van der Waals surface area (Å²) >= 11 is 1.70. The second kappa shape index (κ2) is 3.87. The molecule has 1 aliphatic rings. The highest BCUT2D eigenvalue weighted by atomic mass is 32.1. The molecule has 0 fully saturated rings. The van der Waals surface area contributed by atoms with Crippen molar-refractivity contribution in [2.75, 3.05) is 0 Å². The van der Waals surface area contributed by atoms with Crippen molar-refractivity contribution < 1.29 is 4.79 Å². The van der Waals surface area contributed by atoms with E-state index in [0.717, 1.165) is 24.0 Å². The SMILES string of the molecule is O=C1CCCc2cccc(-c3cccs3)c21. The van der Waals surface area contributed by atoms with Crippen LogP contribution in [0.3, 0.4) is 0 Å². The molecule has 0 atom stereocenters. The molecule has 0 saturated heterocycles. The molecule has 1 aromatic carbocycles. The van der Waals surface area contributed by atoms with E-state index >= 15 is 0 Å². The van der Waals surface area contributed by atoms with Crippen molar-refractivity contribution in [3.05, 3.63) is 46.8 Å². The third kappa shape index (κ3) is 1.50. The number of Topliss-reactive ketones (excluding diaryl/α,β-unsaturated/α-hetero) is 1. The molecule has 16 heavy (non-hydrogen) atoms. The average Bonchev–Trinajstić information content (AvgIpc) is 2.82. The zero-order valence-corrected chi connectivity index (χ0v) is 9.72. The topological polar surface area (TPSA) is 17.1 Å². The lowest BCUT2D eigenvalue weighted by atomic mass is 9.87. The molecule has 0 spiro atoms. The fourth-order valence-corrected chi connectivity index (χ4v) is 3.10. The summed E-state index contributed by atoms with van der Waals surface area (Å²) in [7, 11) is 0. The van der Waals surface area contributed by atoms with Gasteiger partial charge in [0.15, 0.2) is 5.78 Å². The second-order valence-corrected chi connectivity index (χ2v) is 5.04. The van der Waals surface area contributed by atoms with Gasteiger partial charge < -0.3 is 0 Å². The van der Waals surface area contributed by atoms with Crippen LogP contribution in [0.15, 0.2) is 35.7 Å². The summed E-state index contributed by atoms with van der Waals surface area (Å²) in [6.07, 6.45) is 2.75. The van der Waals surface area contributed by atoms with Crippen molar-refractivity contribution in [3.8, 4) is 10.4 Å². The van der Waals surface area contributed by atoms with Crippen molar-refractivity contribution in [3.63, 3.8) is 0 Å². The van der Waals surface area contributed by atoms with Crippen LogP contribution < -0.4 is 0 Å². The molecule has 1 heterocycles. The minimum atomic E-state index is 0.310. The van der Waals surface area contributed by atoms with Crippen molar-refractivity contribution in [2.45, 2.75) is 19.3 Å². The van der Waals surface area contributed by atoms with Crippen molar-refractivity contribution in [1.29, 1.82) is 0 Å². The molecular formula is C14H12OS. The molecule has 1 nitrogen and oxygen atoms in total. The molecule has 2 heteroatoms. The zero-order valence-electron chi connectivity index (χ0n) is 8.90. The number of benzene rings is 1. The Balaban J connectivity index is 2.23. The van der Waals surface area contributed by atoms with Gasteiger partial charge in [-0.25, -0.2) is 0 Å². The predicted molar refractivity (Wildman–Crippen MR) is 67.0 cm³/mol. The summed E-state index contributed by atoms with van der Waals surface area (Å²) in [6.45, 7) is 0. The molecule has 1 aromatic heterocycles. The number of rotatable bonds is 1. The standard InChI is InChI=1S/C14H12OS/c15-12-7-2-5-10-4-1-6-11(14(10)12)13-8-3-9-16-13/h1,3-4,6,8-9H,2,5,7H2. The van der Waals surface area contributed by atoms with Crippen LogP contribution in [0.25, 0.3) is 10.4 Å². The van der Waals surface area contributed by atoms with E-state index in [4.69, 9.17) is 0 Å². The van der Waals surface area contributed by atoms with Crippen LogP contribution in [0.2, 0.25) is 0 Å². The first-order valence-electron chi connectivity index (χ1n) is 5.55. The van der Waals surface area contributed by atoms with Crippen LogP contribution in [0.4, 0.5) is 0 Å². The van der Waals surface area contributed by atoms with Crippen LogP contribution in [0.5, 0.6) is 0 Å². The maximum absolute atomic E-state index is 12.0. The van der Waals surface area contributed by atoms with Gasteiger partial charge in [0.05, 0.1) is 0 Å². The van der Waals surface area contributed by atoms with E-state index in [9.17, 15) is 4.79 Å². The first kappa shape index (κ1) is 9.79. The lowest BCUT2D eigenvalue weighted by Gasteiger charge is -2.17. The molecule has 3 rings (SSSR count). The Morgan fingerprint density at radius 1 is 1.06 bits per heavy atom. The van der Waals surface area contributed by atoms with Crippen molar-refractivity contribution >= 4 is 17.1 Å². The van der Waals surface area contributed by atoms with E-state index in [0.29, 0.717) is 12.2 Å². The van der Waals surface area contributed by atoms with Gasteiger partial charge in [-0.15, -0.1) is 11.3 Å². The third-order valence-corrected chi connectivity index (χ3v) is 3.97. The highest BCUT2D eigenvalue weighted by Crippen LogP contribution is 2.33. The monoisotopic (exact) mass is 228 g/mol. The number of carbonyl (C=O) groups is 1. The molecule has 0 saturated carbocycles. The molecule has 0 unspecified atom stereocenters. The van der Waals surface area contributed by atoms with Gasteiger partial charge in [-0.3, -0.25) is 4.79 Å². The summed E-state index contributed by atoms with van der Waals surface area (Å²) in [5, 5.41) is 2.06. The maximum Gasteiger partial charge on any atom is 0.163 e. The van der Waals surface area contributed by atoms with Crippen LogP contribution in [0.1, 0.15) is 28.8 Å². The van der Waals surface area contributed by atoms with Gasteiger partial charge >= 0.3 is 0 Å². The largest absolute Gasteiger partial charge is 0.294 e. The molecule has 0 aliphatic heterocycles. The quantitative estimate of drug-likeness (QED) is 0.722. The predicted octanol–water partition coefficient (Wildman–Crippen LogP) is 3.93. The number of ketones is 1. The average molecular weight is 228 g/mol. The number of thiophene rings is 1. The minimum absolute atomic E-state index is 0.310. The van der Waals surface area contributed by atoms with Crippen LogP contribution in [-0.4, -0.2) is 5.78 Å². The van der Waals surface area contributed by atoms with E-state index in [2.05, 4.69) is 29.6 Å². The fourth-order valence-electron chi connectivity index (χ4n) is 2.34. The van der Waals surface area contributed by atoms with Gasteiger partial charge in [-0.1, -0.05) is 24.3 Å². The number of aryl methyl sites for hydroxylation is 1. The fraction of sp³-hybridized carbons (Fsp3) is 0.214. The summed E-state index contributed by atoms with van der Waals surface area (Å²) in [5.74, 6) is 0.310. The normalized spacial score (nSPS) is 14.9. The highest BCUT2D eigenvalue weighted by molar-refractivity contribution is 7.13. The summed E-state index contributed by atoms with van der Waals surface area (Å²) in [6, 6.07) is 10.3. The minimum Gasteiger partial charge on any atom is -0.294 e. The summed E-state index contributed by atoms with van der Waals surface area (Å²) < 4.78 is 0. The van der Waals surface area contributed by atoms with E-state index in [1.807, 2.05) is 6.07 Å². The Hall–Kier alpha value is -1.41. The summed E-state index contributed by atoms with van der Waals surface area (Å²) in [5.41, 5.74) is 3.32. The first-order chi connectivity index (χ1) is 7.86. The molecule has 0 N–H and O–H groups in total. The van der Waals surface area contributed by atoms with E-state index < -0.39 is 0 Å². The highest BCUT2D eigenvalue weighted by Gasteiger charge is 2.21. The smallest absolute Gasteiger partial charge is 0.163 e. The van der Waals surface area contributed by atoms with Gasteiger partial charge in [-0.2, -0.15) is 0 Å². The van der Waals surface area contributed by atoms with E-state index in [-0.39, 0.29) is 0 Å². The van der Waals surface area contributed by atoms with Crippen LogP contribution in [0, 0.1) is 0 Å². The second-order valence-electron chi connectivity index (χ2n) is 4.09. The Bertz CT molecular complexity index is 526. The molecule has 0 bridgehead atoms. The molecule has 0 amide bonds.